The zero-order valence-corrected chi connectivity index (χ0v) is 14.9. The number of aliphatic imine (C=N–C) groups is 1. The number of hydrogen-bond acceptors (Lipinski definition) is 3. The third-order valence-electron chi connectivity index (χ3n) is 3.55. The van der Waals surface area contributed by atoms with Crippen molar-refractivity contribution in [3.8, 4) is 5.75 Å². The second kappa shape index (κ2) is 9.01. The fourth-order valence-electron chi connectivity index (χ4n) is 2.18. The molecule has 0 aliphatic heterocycles. The molecule has 2 aromatic rings. The Labute approximate surface area is 144 Å². The van der Waals surface area contributed by atoms with Gasteiger partial charge in [0.2, 0.25) is 0 Å². The third-order valence-corrected chi connectivity index (χ3v) is 3.55. The molecule has 1 atom stereocenters. The molecule has 0 fully saturated rings. The van der Waals surface area contributed by atoms with Gasteiger partial charge in [-0.3, -0.25) is 4.99 Å². The average Bonchev–Trinajstić information content (AvgIpc) is 3.10. The molecule has 5 nitrogen and oxygen atoms in total. The number of hydrogen-bond donors (Lipinski definition) is 2. The monoisotopic (exact) mass is 329 g/mol. The summed E-state index contributed by atoms with van der Waals surface area (Å²) in [6, 6.07) is 12.1. The van der Waals surface area contributed by atoms with E-state index in [9.17, 15) is 0 Å². The molecule has 0 aliphatic carbocycles. The Kier molecular flexibility index (Phi) is 6.73. The summed E-state index contributed by atoms with van der Waals surface area (Å²) in [7, 11) is 1.76. The van der Waals surface area contributed by atoms with Crippen LogP contribution in [-0.4, -0.2) is 19.6 Å². The first kappa shape index (κ1) is 17.9. The molecule has 5 heteroatoms. The Bertz CT molecular complexity index is 619. The van der Waals surface area contributed by atoms with Crippen LogP contribution in [0.5, 0.6) is 5.75 Å². The number of nitrogens with zero attached hydrogens (tertiary/aromatic N) is 1. The zero-order valence-electron chi connectivity index (χ0n) is 14.9. The van der Waals surface area contributed by atoms with Crippen molar-refractivity contribution >= 4 is 5.96 Å². The number of furan rings is 1. The van der Waals surface area contributed by atoms with Crippen molar-refractivity contribution in [3.63, 3.8) is 0 Å². The molecule has 1 aromatic heterocycles. The first-order valence-electron chi connectivity index (χ1n) is 8.30. The van der Waals surface area contributed by atoms with Gasteiger partial charge in [0.05, 0.1) is 25.5 Å². The summed E-state index contributed by atoms with van der Waals surface area (Å²) in [5.41, 5.74) is 1.17. The first-order valence-corrected chi connectivity index (χ1v) is 8.30. The van der Waals surface area contributed by atoms with E-state index in [2.05, 4.69) is 48.5 Å². The van der Waals surface area contributed by atoms with Crippen LogP contribution in [0.4, 0.5) is 0 Å². The Balaban J connectivity index is 1.86. The van der Waals surface area contributed by atoms with Gasteiger partial charge in [-0.15, -0.1) is 0 Å². The first-order chi connectivity index (χ1) is 11.6. The average molecular weight is 329 g/mol. The summed E-state index contributed by atoms with van der Waals surface area (Å²) < 4.78 is 11.0. The van der Waals surface area contributed by atoms with Crippen molar-refractivity contribution in [1.82, 2.24) is 10.6 Å². The van der Waals surface area contributed by atoms with Gasteiger partial charge in [-0.2, -0.15) is 0 Å². The van der Waals surface area contributed by atoms with Crippen LogP contribution in [0, 0.1) is 5.92 Å². The minimum atomic E-state index is 0.131. The molecule has 1 aromatic carbocycles. The molecule has 0 saturated heterocycles. The van der Waals surface area contributed by atoms with Crippen LogP contribution in [-0.2, 0) is 6.54 Å². The van der Waals surface area contributed by atoms with Gasteiger partial charge in [0, 0.05) is 7.05 Å². The molecular weight excluding hydrogens is 302 g/mol. The maximum Gasteiger partial charge on any atom is 0.191 e. The lowest BCUT2D eigenvalue weighted by Gasteiger charge is -2.18. The standard InChI is InChI=1S/C19H27N3O2/c1-14(2)13-24-17-9-7-16(8-10-17)15(3)22-19(20-4)21-12-18-6-5-11-23-18/h5-11,14-15H,12-13H2,1-4H3,(H2,20,21,22). The Morgan fingerprint density at radius 1 is 1.17 bits per heavy atom. The van der Waals surface area contributed by atoms with E-state index >= 15 is 0 Å². The Hall–Kier alpha value is -2.43. The molecule has 0 saturated carbocycles. The van der Waals surface area contributed by atoms with Crippen molar-refractivity contribution in [3.05, 3.63) is 54.0 Å². The van der Waals surface area contributed by atoms with Crippen molar-refractivity contribution in [2.45, 2.75) is 33.4 Å². The van der Waals surface area contributed by atoms with E-state index in [4.69, 9.17) is 9.15 Å². The highest BCUT2D eigenvalue weighted by Gasteiger charge is 2.08. The van der Waals surface area contributed by atoms with E-state index in [-0.39, 0.29) is 6.04 Å². The molecule has 2 rings (SSSR count). The van der Waals surface area contributed by atoms with Gasteiger partial charge < -0.3 is 19.8 Å². The lowest BCUT2D eigenvalue weighted by molar-refractivity contribution is 0.271. The van der Waals surface area contributed by atoms with Crippen LogP contribution < -0.4 is 15.4 Å². The van der Waals surface area contributed by atoms with Crippen molar-refractivity contribution in [2.24, 2.45) is 10.9 Å². The fourth-order valence-corrected chi connectivity index (χ4v) is 2.18. The van der Waals surface area contributed by atoms with E-state index in [0.29, 0.717) is 12.5 Å². The van der Waals surface area contributed by atoms with Gasteiger partial charge >= 0.3 is 0 Å². The number of nitrogens with one attached hydrogen (secondary N) is 2. The molecular formula is C19H27N3O2. The number of guanidine groups is 1. The third kappa shape index (κ3) is 5.65. The predicted molar refractivity (Wildman–Crippen MR) is 97.2 cm³/mol. The quantitative estimate of drug-likeness (QED) is 0.600. The van der Waals surface area contributed by atoms with Gasteiger partial charge in [-0.25, -0.2) is 0 Å². The van der Waals surface area contributed by atoms with Gasteiger partial charge in [0.15, 0.2) is 5.96 Å². The van der Waals surface area contributed by atoms with Crippen LogP contribution in [0.2, 0.25) is 0 Å². The van der Waals surface area contributed by atoms with E-state index < -0.39 is 0 Å². The number of rotatable bonds is 7. The van der Waals surface area contributed by atoms with Gasteiger partial charge in [-0.05, 0) is 42.7 Å². The molecule has 0 radical (unpaired) electrons. The number of benzene rings is 1. The van der Waals surface area contributed by atoms with E-state index in [1.54, 1.807) is 13.3 Å². The maximum atomic E-state index is 5.72. The van der Waals surface area contributed by atoms with Crippen LogP contribution in [0.1, 0.15) is 38.1 Å². The van der Waals surface area contributed by atoms with Crippen molar-refractivity contribution in [2.75, 3.05) is 13.7 Å². The van der Waals surface area contributed by atoms with Crippen LogP contribution in [0.15, 0.2) is 52.1 Å². The highest BCUT2D eigenvalue weighted by atomic mass is 16.5. The molecule has 0 bridgehead atoms. The molecule has 2 N–H and O–H groups in total. The van der Waals surface area contributed by atoms with Crippen LogP contribution in [0.25, 0.3) is 0 Å². The van der Waals surface area contributed by atoms with Crippen LogP contribution in [0.3, 0.4) is 0 Å². The molecule has 0 spiro atoms. The van der Waals surface area contributed by atoms with E-state index in [1.165, 1.54) is 5.56 Å². The summed E-state index contributed by atoms with van der Waals surface area (Å²) in [4.78, 5) is 4.25. The topological polar surface area (TPSA) is 58.8 Å². The normalized spacial score (nSPS) is 13.0. The second-order valence-electron chi connectivity index (χ2n) is 6.15. The smallest absolute Gasteiger partial charge is 0.191 e. The molecule has 24 heavy (non-hydrogen) atoms. The van der Waals surface area contributed by atoms with Gasteiger partial charge in [0.25, 0.3) is 0 Å². The van der Waals surface area contributed by atoms with Crippen molar-refractivity contribution in [1.29, 1.82) is 0 Å². The summed E-state index contributed by atoms with van der Waals surface area (Å²) in [6.07, 6.45) is 1.67. The lowest BCUT2D eigenvalue weighted by atomic mass is 10.1. The second-order valence-corrected chi connectivity index (χ2v) is 6.15. The number of ether oxygens (including phenoxy) is 1. The maximum absolute atomic E-state index is 5.72. The zero-order chi connectivity index (χ0) is 17.4. The Morgan fingerprint density at radius 3 is 2.50 bits per heavy atom. The summed E-state index contributed by atoms with van der Waals surface area (Å²) in [5, 5.41) is 6.61. The Morgan fingerprint density at radius 2 is 1.92 bits per heavy atom. The summed E-state index contributed by atoms with van der Waals surface area (Å²) >= 11 is 0. The van der Waals surface area contributed by atoms with E-state index in [0.717, 1.165) is 24.1 Å². The largest absolute Gasteiger partial charge is 0.493 e. The highest BCUT2D eigenvalue weighted by Crippen LogP contribution is 2.18. The predicted octanol–water partition coefficient (Wildman–Crippen LogP) is 3.74. The highest BCUT2D eigenvalue weighted by molar-refractivity contribution is 5.80. The fraction of sp³-hybridized carbons (Fsp3) is 0.421. The summed E-state index contributed by atoms with van der Waals surface area (Å²) in [6.45, 7) is 7.71. The molecule has 130 valence electrons. The minimum absolute atomic E-state index is 0.131. The molecule has 0 aliphatic rings. The van der Waals surface area contributed by atoms with Crippen molar-refractivity contribution < 1.29 is 9.15 Å². The molecule has 0 amide bonds. The molecule has 1 unspecified atom stereocenters. The van der Waals surface area contributed by atoms with Crippen LogP contribution >= 0.6 is 0 Å². The minimum Gasteiger partial charge on any atom is -0.493 e. The SMILES string of the molecule is CN=C(NCc1ccco1)NC(C)c1ccc(OCC(C)C)cc1. The van der Waals surface area contributed by atoms with Gasteiger partial charge in [-0.1, -0.05) is 26.0 Å². The molecule has 1 heterocycles. The summed E-state index contributed by atoms with van der Waals surface area (Å²) in [5.74, 6) is 3.03. The lowest BCUT2D eigenvalue weighted by Crippen LogP contribution is -2.38. The van der Waals surface area contributed by atoms with Gasteiger partial charge in [0.1, 0.15) is 11.5 Å². The van der Waals surface area contributed by atoms with E-state index in [1.807, 2.05) is 24.3 Å².